The van der Waals surface area contributed by atoms with Crippen LogP contribution in [0.1, 0.15) is 53.6 Å². The summed E-state index contributed by atoms with van der Waals surface area (Å²) in [6.07, 6.45) is 2.98. The van der Waals surface area contributed by atoms with E-state index in [1.807, 2.05) is 23.6 Å². The van der Waals surface area contributed by atoms with E-state index < -0.39 is 18.0 Å². The molecule has 1 saturated carbocycles. The van der Waals surface area contributed by atoms with Gasteiger partial charge in [-0.1, -0.05) is 6.07 Å². The van der Waals surface area contributed by atoms with Gasteiger partial charge < -0.3 is 14.5 Å². The van der Waals surface area contributed by atoms with E-state index >= 15 is 0 Å². The number of nitrogens with zero attached hydrogens (tertiary/aromatic N) is 3. The van der Waals surface area contributed by atoms with Crippen LogP contribution in [0, 0.1) is 6.92 Å². The summed E-state index contributed by atoms with van der Waals surface area (Å²) in [5.74, 6) is -0.538. The molecule has 2 bridgehead atoms. The van der Waals surface area contributed by atoms with Crippen molar-refractivity contribution in [1.82, 2.24) is 14.4 Å². The maximum absolute atomic E-state index is 12.8. The molecule has 5 heterocycles. The summed E-state index contributed by atoms with van der Waals surface area (Å²) in [7, 11) is 0. The van der Waals surface area contributed by atoms with Crippen LogP contribution in [-0.2, 0) is 10.2 Å². The molecule has 3 fully saturated rings. The van der Waals surface area contributed by atoms with Crippen molar-refractivity contribution in [2.24, 2.45) is 0 Å². The van der Waals surface area contributed by atoms with Crippen LogP contribution < -0.4 is 5.32 Å². The molecule has 1 amide bonds. The number of anilines is 1. The molecule has 2 saturated heterocycles. The third kappa shape index (κ3) is 2.90. The van der Waals surface area contributed by atoms with Gasteiger partial charge in [0, 0.05) is 17.8 Å². The maximum atomic E-state index is 12.8. The normalized spacial score (nSPS) is 25.4. The van der Waals surface area contributed by atoms with Gasteiger partial charge in [-0.3, -0.25) is 4.79 Å². The Hall–Kier alpha value is -2.87. The van der Waals surface area contributed by atoms with Crippen molar-refractivity contribution in [1.29, 1.82) is 0 Å². The first-order valence-corrected chi connectivity index (χ1v) is 9.47. The molecule has 1 aliphatic carbocycles. The first kappa shape index (κ1) is 18.2. The molecular formula is C21H20F2N4O2. The van der Waals surface area contributed by atoms with Crippen LogP contribution in [0.2, 0.25) is 0 Å². The Bertz CT molecular complexity index is 1130. The predicted molar refractivity (Wildman–Crippen MR) is 102 cm³/mol. The minimum atomic E-state index is -2.72. The van der Waals surface area contributed by atoms with Crippen molar-refractivity contribution in [3.63, 3.8) is 0 Å². The molecule has 29 heavy (non-hydrogen) atoms. The standard InChI is InChI=1S/C21H20F2N4O2/c1-12-6-13(24-19(28)15-5-3-4-14(25-15)17(22)23)7-27-8-16(26-18(12)27)21-9-20(2,10-21)29-11-21/h3-8,17H,9-11H2,1-2H3,(H,24,28). The number of halogens is 2. The van der Waals surface area contributed by atoms with Crippen LogP contribution in [0.5, 0.6) is 0 Å². The number of aryl methyl sites for hydroxylation is 1. The maximum Gasteiger partial charge on any atom is 0.280 e. The number of alkyl halides is 2. The molecule has 0 aromatic carbocycles. The van der Waals surface area contributed by atoms with Crippen LogP contribution in [0.3, 0.4) is 0 Å². The van der Waals surface area contributed by atoms with Gasteiger partial charge in [-0.15, -0.1) is 0 Å². The molecule has 3 aliphatic rings. The molecule has 3 aromatic rings. The summed E-state index contributed by atoms with van der Waals surface area (Å²) in [5, 5.41) is 2.74. The smallest absolute Gasteiger partial charge is 0.280 e. The number of hydrogen-bond acceptors (Lipinski definition) is 4. The molecule has 0 spiro atoms. The van der Waals surface area contributed by atoms with Gasteiger partial charge in [-0.2, -0.15) is 0 Å². The van der Waals surface area contributed by atoms with E-state index in [1.54, 1.807) is 6.20 Å². The van der Waals surface area contributed by atoms with Gasteiger partial charge in [0.1, 0.15) is 17.0 Å². The zero-order valence-electron chi connectivity index (χ0n) is 16.1. The fourth-order valence-electron chi connectivity index (χ4n) is 4.64. The lowest BCUT2D eigenvalue weighted by Crippen LogP contribution is -2.45. The first-order chi connectivity index (χ1) is 13.8. The van der Waals surface area contributed by atoms with Crippen LogP contribution in [0.15, 0.2) is 36.7 Å². The van der Waals surface area contributed by atoms with E-state index in [0.29, 0.717) is 12.3 Å². The van der Waals surface area contributed by atoms with Gasteiger partial charge in [0.25, 0.3) is 12.3 Å². The molecule has 6 nitrogen and oxygen atoms in total. The number of imidazole rings is 1. The quantitative estimate of drug-likeness (QED) is 0.720. The summed E-state index contributed by atoms with van der Waals surface area (Å²) in [6, 6.07) is 5.82. The van der Waals surface area contributed by atoms with Crippen LogP contribution in [-0.4, -0.2) is 32.5 Å². The van der Waals surface area contributed by atoms with Crippen LogP contribution in [0.4, 0.5) is 14.5 Å². The lowest BCUT2D eigenvalue weighted by Gasteiger charge is -2.41. The first-order valence-electron chi connectivity index (χ1n) is 9.47. The largest absolute Gasteiger partial charge is 0.374 e. The number of carbonyl (C=O) groups excluding carboxylic acids is 1. The number of fused-ring (bicyclic) bond motifs is 2. The highest BCUT2D eigenvalue weighted by Gasteiger charge is 2.61. The Kier molecular flexibility index (Phi) is 3.80. The summed E-state index contributed by atoms with van der Waals surface area (Å²) in [6.45, 7) is 4.73. The van der Waals surface area contributed by atoms with Crippen LogP contribution in [0.25, 0.3) is 5.65 Å². The molecule has 2 aliphatic heterocycles. The topological polar surface area (TPSA) is 68.5 Å². The van der Waals surface area contributed by atoms with Crippen molar-refractivity contribution < 1.29 is 18.3 Å². The highest BCUT2D eigenvalue weighted by Crippen LogP contribution is 2.58. The van der Waals surface area contributed by atoms with Gasteiger partial charge in [0.15, 0.2) is 0 Å². The Morgan fingerprint density at radius 3 is 2.76 bits per heavy atom. The summed E-state index contributed by atoms with van der Waals surface area (Å²) < 4.78 is 33.5. The summed E-state index contributed by atoms with van der Waals surface area (Å²) >= 11 is 0. The Balaban J connectivity index is 1.43. The van der Waals surface area contributed by atoms with Gasteiger partial charge in [-0.05, 0) is 50.5 Å². The average molecular weight is 398 g/mol. The van der Waals surface area contributed by atoms with E-state index in [-0.39, 0.29) is 16.7 Å². The van der Waals surface area contributed by atoms with E-state index in [9.17, 15) is 13.6 Å². The SMILES string of the molecule is Cc1cc(NC(=O)c2cccc(C(F)F)n2)cn2cc(C34COC(C)(C3)C4)nc12. The molecule has 6 rings (SSSR count). The molecule has 1 N–H and O–H groups in total. The highest BCUT2D eigenvalue weighted by atomic mass is 19.3. The molecule has 150 valence electrons. The number of nitrogens with one attached hydrogen (secondary N) is 1. The number of aromatic nitrogens is 3. The second-order valence-electron chi connectivity index (χ2n) is 8.34. The molecule has 0 radical (unpaired) electrons. The molecule has 0 unspecified atom stereocenters. The minimum absolute atomic E-state index is 0.0176. The average Bonchev–Trinajstić information content (AvgIpc) is 3.33. The fourth-order valence-corrected chi connectivity index (χ4v) is 4.64. The highest BCUT2D eigenvalue weighted by molar-refractivity contribution is 6.02. The van der Waals surface area contributed by atoms with Gasteiger partial charge in [-0.25, -0.2) is 18.7 Å². The van der Waals surface area contributed by atoms with Gasteiger partial charge in [0.2, 0.25) is 0 Å². The molecular weight excluding hydrogens is 378 g/mol. The third-order valence-electron chi connectivity index (χ3n) is 5.88. The van der Waals surface area contributed by atoms with Crippen molar-refractivity contribution >= 4 is 17.2 Å². The third-order valence-corrected chi connectivity index (χ3v) is 5.88. The summed E-state index contributed by atoms with van der Waals surface area (Å²) in [4.78, 5) is 21.0. The molecule has 3 aromatic heterocycles. The Morgan fingerprint density at radius 2 is 2.07 bits per heavy atom. The Labute approximate surface area is 165 Å². The van der Waals surface area contributed by atoms with Crippen molar-refractivity contribution in [2.75, 3.05) is 11.9 Å². The second kappa shape index (κ2) is 6.06. The molecule has 0 atom stereocenters. The summed E-state index contributed by atoms with van der Waals surface area (Å²) in [5.41, 5.74) is 2.76. The number of pyridine rings is 2. The fraction of sp³-hybridized carbons (Fsp3) is 0.381. The van der Waals surface area contributed by atoms with Crippen LogP contribution >= 0.6 is 0 Å². The number of ether oxygens (including phenoxy) is 1. The number of carbonyl (C=O) groups is 1. The zero-order chi connectivity index (χ0) is 20.4. The zero-order valence-corrected chi connectivity index (χ0v) is 16.1. The van der Waals surface area contributed by atoms with Crippen molar-refractivity contribution in [2.45, 2.75) is 44.1 Å². The Morgan fingerprint density at radius 1 is 1.28 bits per heavy atom. The number of rotatable bonds is 4. The van der Waals surface area contributed by atoms with Gasteiger partial charge in [0.05, 0.1) is 23.6 Å². The van der Waals surface area contributed by atoms with E-state index in [1.165, 1.54) is 18.2 Å². The number of hydrogen-bond donors (Lipinski definition) is 1. The predicted octanol–water partition coefficient (Wildman–Crippen LogP) is 4.05. The van der Waals surface area contributed by atoms with E-state index in [2.05, 4.69) is 17.2 Å². The lowest BCUT2D eigenvalue weighted by atomic mass is 9.62. The van der Waals surface area contributed by atoms with Crippen molar-refractivity contribution in [3.8, 4) is 0 Å². The van der Waals surface area contributed by atoms with Crippen molar-refractivity contribution in [3.05, 3.63) is 59.3 Å². The molecule has 8 heteroatoms. The van der Waals surface area contributed by atoms with E-state index in [4.69, 9.17) is 9.72 Å². The second-order valence-corrected chi connectivity index (χ2v) is 8.34. The lowest BCUT2D eigenvalue weighted by molar-refractivity contribution is 0.0154. The number of amides is 1. The van der Waals surface area contributed by atoms with Gasteiger partial charge >= 0.3 is 0 Å². The minimum Gasteiger partial charge on any atom is -0.374 e. The van der Waals surface area contributed by atoms with E-state index in [0.717, 1.165) is 29.7 Å². The monoisotopic (exact) mass is 398 g/mol.